The van der Waals surface area contributed by atoms with Crippen LogP contribution < -0.4 is 10.6 Å². The van der Waals surface area contributed by atoms with E-state index in [4.69, 9.17) is 4.98 Å². The van der Waals surface area contributed by atoms with E-state index < -0.39 is 0 Å². The Balaban J connectivity index is 2.19. The third kappa shape index (κ3) is 4.08. The zero-order valence-corrected chi connectivity index (χ0v) is 14.0. The molecule has 4 nitrogen and oxygen atoms in total. The van der Waals surface area contributed by atoms with Gasteiger partial charge < -0.3 is 10.6 Å². The Morgan fingerprint density at radius 1 is 1.14 bits per heavy atom. The smallest absolute Gasteiger partial charge is 0.134 e. The molecule has 1 heterocycles. The molecule has 1 saturated carbocycles. The van der Waals surface area contributed by atoms with Crippen molar-refractivity contribution in [1.29, 1.82) is 0 Å². The number of aromatic nitrogens is 2. The number of hydrogen-bond donors (Lipinski definition) is 2. The summed E-state index contributed by atoms with van der Waals surface area (Å²) in [5.74, 6) is 3.73. The SMILES string of the molecule is CCCc1nc(NCC)c(C)c(NC(C)C2CCCC2)n1. The lowest BCUT2D eigenvalue weighted by atomic mass is 10.00. The fourth-order valence-corrected chi connectivity index (χ4v) is 3.17. The number of anilines is 2. The van der Waals surface area contributed by atoms with E-state index in [-0.39, 0.29) is 0 Å². The van der Waals surface area contributed by atoms with Crippen LogP contribution in [-0.4, -0.2) is 22.6 Å². The zero-order valence-electron chi connectivity index (χ0n) is 14.0. The molecule has 0 spiro atoms. The number of nitrogens with one attached hydrogen (secondary N) is 2. The van der Waals surface area contributed by atoms with Crippen LogP contribution in [0.5, 0.6) is 0 Å². The van der Waals surface area contributed by atoms with Gasteiger partial charge in [0.05, 0.1) is 0 Å². The highest BCUT2D eigenvalue weighted by atomic mass is 15.1. The van der Waals surface area contributed by atoms with Gasteiger partial charge in [-0.3, -0.25) is 0 Å². The van der Waals surface area contributed by atoms with Crippen LogP contribution in [0.25, 0.3) is 0 Å². The van der Waals surface area contributed by atoms with Crippen LogP contribution in [0.1, 0.15) is 64.3 Å². The zero-order chi connectivity index (χ0) is 15.2. The lowest BCUT2D eigenvalue weighted by Gasteiger charge is -2.23. The van der Waals surface area contributed by atoms with Crippen molar-refractivity contribution < 1.29 is 0 Å². The number of nitrogens with zero attached hydrogens (tertiary/aromatic N) is 2. The Labute approximate surface area is 129 Å². The summed E-state index contributed by atoms with van der Waals surface area (Å²) >= 11 is 0. The lowest BCUT2D eigenvalue weighted by Crippen LogP contribution is -2.25. The predicted octanol–water partition coefficient (Wildman–Crippen LogP) is 4.16. The topological polar surface area (TPSA) is 49.8 Å². The van der Waals surface area contributed by atoms with Crippen molar-refractivity contribution in [2.75, 3.05) is 17.2 Å². The van der Waals surface area contributed by atoms with Crippen molar-refractivity contribution in [3.05, 3.63) is 11.4 Å². The second-order valence-corrected chi connectivity index (χ2v) is 6.22. The predicted molar refractivity (Wildman–Crippen MR) is 90.0 cm³/mol. The minimum Gasteiger partial charge on any atom is -0.370 e. The molecule has 4 heteroatoms. The molecule has 1 atom stereocenters. The first-order chi connectivity index (χ1) is 10.2. The molecule has 0 aliphatic heterocycles. The number of hydrogen-bond acceptors (Lipinski definition) is 4. The molecule has 1 aromatic rings. The molecule has 2 N–H and O–H groups in total. The van der Waals surface area contributed by atoms with Gasteiger partial charge in [0, 0.05) is 24.6 Å². The highest BCUT2D eigenvalue weighted by Crippen LogP contribution is 2.30. The van der Waals surface area contributed by atoms with Gasteiger partial charge in [-0.2, -0.15) is 0 Å². The molecule has 1 unspecified atom stereocenters. The average Bonchev–Trinajstić information content (AvgIpc) is 2.98. The van der Waals surface area contributed by atoms with E-state index in [9.17, 15) is 0 Å². The summed E-state index contributed by atoms with van der Waals surface area (Å²) in [7, 11) is 0. The van der Waals surface area contributed by atoms with Crippen LogP contribution in [0.15, 0.2) is 0 Å². The van der Waals surface area contributed by atoms with Crippen molar-refractivity contribution in [2.24, 2.45) is 5.92 Å². The van der Waals surface area contributed by atoms with Crippen LogP contribution in [0, 0.1) is 12.8 Å². The van der Waals surface area contributed by atoms with Gasteiger partial charge in [0.1, 0.15) is 17.5 Å². The van der Waals surface area contributed by atoms with Gasteiger partial charge in [-0.25, -0.2) is 9.97 Å². The second-order valence-electron chi connectivity index (χ2n) is 6.22. The normalized spacial score (nSPS) is 17.0. The monoisotopic (exact) mass is 290 g/mol. The Morgan fingerprint density at radius 3 is 2.43 bits per heavy atom. The van der Waals surface area contributed by atoms with Crippen molar-refractivity contribution in [3.8, 4) is 0 Å². The first-order valence-electron chi connectivity index (χ1n) is 8.53. The largest absolute Gasteiger partial charge is 0.370 e. The summed E-state index contributed by atoms with van der Waals surface area (Å²) in [4.78, 5) is 9.41. The molecule has 1 aliphatic carbocycles. The Hall–Kier alpha value is -1.32. The summed E-state index contributed by atoms with van der Waals surface area (Å²) in [6.07, 6.45) is 7.46. The maximum Gasteiger partial charge on any atom is 0.134 e. The van der Waals surface area contributed by atoms with Gasteiger partial charge in [0.2, 0.25) is 0 Å². The Morgan fingerprint density at radius 2 is 1.81 bits per heavy atom. The fraction of sp³-hybridized carbons (Fsp3) is 0.765. The molecule has 2 rings (SSSR count). The van der Waals surface area contributed by atoms with Gasteiger partial charge in [-0.05, 0) is 46.0 Å². The van der Waals surface area contributed by atoms with E-state index >= 15 is 0 Å². The summed E-state index contributed by atoms with van der Waals surface area (Å²) in [5.41, 5.74) is 1.14. The maximum atomic E-state index is 4.75. The summed E-state index contributed by atoms with van der Waals surface area (Å²) < 4.78 is 0. The van der Waals surface area contributed by atoms with Crippen LogP contribution in [0.3, 0.4) is 0 Å². The minimum atomic E-state index is 0.491. The van der Waals surface area contributed by atoms with E-state index in [2.05, 4.69) is 43.3 Å². The highest BCUT2D eigenvalue weighted by Gasteiger charge is 2.22. The first-order valence-corrected chi connectivity index (χ1v) is 8.53. The summed E-state index contributed by atoms with van der Waals surface area (Å²) in [5, 5.41) is 7.03. The molecule has 1 fully saturated rings. The molecular weight excluding hydrogens is 260 g/mol. The Kier molecular flexibility index (Phi) is 5.83. The minimum absolute atomic E-state index is 0.491. The molecular formula is C17H30N4. The molecule has 118 valence electrons. The molecule has 0 radical (unpaired) electrons. The van der Waals surface area contributed by atoms with E-state index in [0.717, 1.165) is 48.3 Å². The number of aryl methyl sites for hydroxylation is 1. The summed E-state index contributed by atoms with van der Waals surface area (Å²) in [6.45, 7) is 9.57. The van der Waals surface area contributed by atoms with Gasteiger partial charge in [0.15, 0.2) is 0 Å². The molecule has 1 aliphatic rings. The van der Waals surface area contributed by atoms with E-state index in [1.807, 2.05) is 0 Å². The molecule has 0 bridgehead atoms. The first kappa shape index (κ1) is 16.1. The third-order valence-corrected chi connectivity index (χ3v) is 4.48. The van der Waals surface area contributed by atoms with Gasteiger partial charge in [-0.1, -0.05) is 19.8 Å². The van der Waals surface area contributed by atoms with Gasteiger partial charge >= 0.3 is 0 Å². The van der Waals surface area contributed by atoms with Crippen LogP contribution in [0.4, 0.5) is 11.6 Å². The standard InChI is InChI=1S/C17H30N4/c1-5-9-15-20-16(18-6-2)12(3)17(21-15)19-13(4)14-10-7-8-11-14/h13-14H,5-11H2,1-4H3,(H2,18,19,20,21). The second kappa shape index (κ2) is 7.62. The highest BCUT2D eigenvalue weighted by molar-refractivity contribution is 5.57. The average molecular weight is 290 g/mol. The maximum absolute atomic E-state index is 4.75. The van der Waals surface area contributed by atoms with E-state index in [1.165, 1.54) is 25.7 Å². The molecule has 21 heavy (non-hydrogen) atoms. The molecule has 0 aromatic carbocycles. The molecule has 1 aromatic heterocycles. The van der Waals surface area contributed by atoms with E-state index in [0.29, 0.717) is 6.04 Å². The lowest BCUT2D eigenvalue weighted by molar-refractivity contribution is 0.480. The number of rotatable bonds is 7. The van der Waals surface area contributed by atoms with Crippen LogP contribution >= 0.6 is 0 Å². The molecule has 0 amide bonds. The quantitative estimate of drug-likeness (QED) is 0.791. The molecule has 0 saturated heterocycles. The van der Waals surface area contributed by atoms with Crippen molar-refractivity contribution in [2.45, 2.75) is 72.3 Å². The third-order valence-electron chi connectivity index (χ3n) is 4.48. The van der Waals surface area contributed by atoms with Crippen LogP contribution in [0.2, 0.25) is 0 Å². The van der Waals surface area contributed by atoms with Gasteiger partial charge in [-0.15, -0.1) is 0 Å². The van der Waals surface area contributed by atoms with Gasteiger partial charge in [0.25, 0.3) is 0 Å². The Bertz CT molecular complexity index is 452. The van der Waals surface area contributed by atoms with Crippen molar-refractivity contribution >= 4 is 11.6 Å². The van der Waals surface area contributed by atoms with E-state index in [1.54, 1.807) is 0 Å². The fourth-order valence-electron chi connectivity index (χ4n) is 3.17. The van der Waals surface area contributed by atoms with Crippen LogP contribution in [-0.2, 0) is 6.42 Å². The summed E-state index contributed by atoms with van der Waals surface area (Å²) in [6, 6.07) is 0.491. The van der Waals surface area contributed by atoms with Crippen molar-refractivity contribution in [3.63, 3.8) is 0 Å². The van der Waals surface area contributed by atoms with Crippen molar-refractivity contribution in [1.82, 2.24) is 9.97 Å².